The minimum absolute atomic E-state index is 0.0161. The van der Waals surface area contributed by atoms with Crippen molar-refractivity contribution < 1.29 is 18.3 Å². The zero-order valence-corrected chi connectivity index (χ0v) is 14.1. The van der Waals surface area contributed by atoms with E-state index in [0.29, 0.717) is 11.4 Å². The fourth-order valence-corrected chi connectivity index (χ4v) is 3.28. The SMILES string of the molecule is O=C(O)c1cc(S(=O)(=O)NCCc2ccc(Cl)cc2)ccc1Cl. The largest absolute Gasteiger partial charge is 0.478 e. The van der Waals surface area contributed by atoms with E-state index in [-0.39, 0.29) is 22.0 Å². The van der Waals surface area contributed by atoms with Crippen molar-refractivity contribution in [2.45, 2.75) is 11.3 Å². The Kier molecular flexibility index (Phi) is 5.64. The molecule has 2 N–H and O–H groups in total. The number of sulfonamides is 1. The van der Waals surface area contributed by atoms with Gasteiger partial charge in [0.2, 0.25) is 10.0 Å². The van der Waals surface area contributed by atoms with E-state index in [1.807, 2.05) is 0 Å². The van der Waals surface area contributed by atoms with Crippen molar-refractivity contribution >= 4 is 39.2 Å². The van der Waals surface area contributed by atoms with Gasteiger partial charge in [0, 0.05) is 11.6 Å². The van der Waals surface area contributed by atoms with E-state index in [0.717, 1.165) is 11.6 Å². The van der Waals surface area contributed by atoms with Gasteiger partial charge in [0.1, 0.15) is 0 Å². The van der Waals surface area contributed by atoms with Crippen molar-refractivity contribution in [1.29, 1.82) is 0 Å². The Balaban J connectivity index is 2.08. The van der Waals surface area contributed by atoms with Crippen molar-refractivity contribution in [3.63, 3.8) is 0 Å². The number of hydrogen-bond donors (Lipinski definition) is 2. The zero-order chi connectivity index (χ0) is 17.0. The van der Waals surface area contributed by atoms with E-state index < -0.39 is 16.0 Å². The molecule has 0 bridgehead atoms. The third-order valence-electron chi connectivity index (χ3n) is 3.10. The molecule has 23 heavy (non-hydrogen) atoms. The summed E-state index contributed by atoms with van der Waals surface area (Å²) in [4.78, 5) is 10.9. The molecule has 0 aliphatic heterocycles. The smallest absolute Gasteiger partial charge is 0.337 e. The van der Waals surface area contributed by atoms with Crippen LogP contribution in [0.4, 0.5) is 0 Å². The van der Waals surface area contributed by atoms with Crippen LogP contribution < -0.4 is 4.72 Å². The van der Waals surface area contributed by atoms with E-state index in [1.165, 1.54) is 12.1 Å². The average Bonchev–Trinajstić information content (AvgIpc) is 2.49. The first kappa shape index (κ1) is 17.7. The Labute approximate surface area is 143 Å². The highest BCUT2D eigenvalue weighted by Crippen LogP contribution is 2.20. The predicted octanol–water partition coefficient (Wildman–Crippen LogP) is 3.21. The molecule has 2 rings (SSSR count). The maximum Gasteiger partial charge on any atom is 0.337 e. The number of nitrogens with one attached hydrogen (secondary N) is 1. The van der Waals surface area contributed by atoms with Crippen molar-refractivity contribution in [2.75, 3.05) is 6.54 Å². The molecule has 0 saturated heterocycles. The Bertz CT molecular complexity index is 820. The van der Waals surface area contributed by atoms with Crippen molar-refractivity contribution in [1.82, 2.24) is 4.72 Å². The summed E-state index contributed by atoms with van der Waals surface area (Å²) in [6.45, 7) is 0.176. The van der Waals surface area contributed by atoms with E-state index in [9.17, 15) is 13.2 Å². The predicted molar refractivity (Wildman–Crippen MR) is 88.8 cm³/mol. The Morgan fingerprint density at radius 2 is 1.74 bits per heavy atom. The van der Waals surface area contributed by atoms with Gasteiger partial charge in [0.05, 0.1) is 15.5 Å². The number of carboxylic acid groups (broad SMARTS) is 1. The fourth-order valence-electron chi connectivity index (χ4n) is 1.90. The van der Waals surface area contributed by atoms with Crippen LogP contribution in [0, 0.1) is 0 Å². The Morgan fingerprint density at radius 1 is 1.09 bits per heavy atom. The van der Waals surface area contributed by atoms with Gasteiger partial charge >= 0.3 is 5.97 Å². The lowest BCUT2D eigenvalue weighted by atomic mass is 10.2. The van der Waals surface area contributed by atoms with Crippen LogP contribution in [-0.4, -0.2) is 26.0 Å². The molecule has 0 atom stereocenters. The number of rotatable bonds is 6. The van der Waals surface area contributed by atoms with Crippen LogP contribution in [0.5, 0.6) is 0 Å². The molecule has 0 saturated carbocycles. The molecule has 0 aliphatic carbocycles. The van der Waals surface area contributed by atoms with Crippen molar-refractivity contribution in [3.05, 3.63) is 63.6 Å². The van der Waals surface area contributed by atoms with E-state index >= 15 is 0 Å². The summed E-state index contributed by atoms with van der Waals surface area (Å²) in [6, 6.07) is 10.6. The number of carboxylic acids is 1. The first-order valence-corrected chi connectivity index (χ1v) is 8.80. The average molecular weight is 374 g/mol. The van der Waals surface area contributed by atoms with Gasteiger partial charge < -0.3 is 5.11 Å². The molecule has 8 heteroatoms. The van der Waals surface area contributed by atoms with Crippen LogP contribution in [0.1, 0.15) is 15.9 Å². The molecule has 0 unspecified atom stereocenters. The molecule has 0 aromatic heterocycles. The summed E-state index contributed by atoms with van der Waals surface area (Å²) < 4.78 is 26.8. The number of halogens is 2. The van der Waals surface area contributed by atoms with Gasteiger partial charge in [0.25, 0.3) is 0 Å². The van der Waals surface area contributed by atoms with Crippen molar-refractivity contribution in [2.24, 2.45) is 0 Å². The van der Waals surface area contributed by atoms with Crippen LogP contribution in [0.2, 0.25) is 10.0 Å². The molecule has 2 aromatic carbocycles. The van der Waals surface area contributed by atoms with Crippen LogP contribution in [0.15, 0.2) is 47.4 Å². The summed E-state index contributed by atoms with van der Waals surface area (Å²) in [7, 11) is -3.81. The summed E-state index contributed by atoms with van der Waals surface area (Å²) in [5, 5.41) is 9.58. The second kappa shape index (κ2) is 7.31. The lowest BCUT2D eigenvalue weighted by molar-refractivity contribution is 0.0697. The highest BCUT2D eigenvalue weighted by atomic mass is 35.5. The van der Waals surface area contributed by atoms with Gasteiger partial charge in [-0.2, -0.15) is 0 Å². The quantitative estimate of drug-likeness (QED) is 0.813. The summed E-state index contributed by atoms with van der Waals surface area (Å²) in [6.07, 6.45) is 0.482. The second-order valence-corrected chi connectivity index (χ2v) is 7.33. The molecular weight excluding hydrogens is 361 g/mol. The standard InChI is InChI=1S/C15H13Cl2NO4S/c16-11-3-1-10(2-4-11)7-8-18-23(21,22)12-5-6-14(17)13(9-12)15(19)20/h1-6,9,18H,7-8H2,(H,19,20). The van der Waals surface area contributed by atoms with Gasteiger partial charge in [-0.25, -0.2) is 17.9 Å². The molecular formula is C15H13Cl2NO4S. The van der Waals surface area contributed by atoms with Gasteiger partial charge in [-0.15, -0.1) is 0 Å². The highest BCUT2D eigenvalue weighted by Gasteiger charge is 2.18. The second-order valence-electron chi connectivity index (χ2n) is 4.72. The van der Waals surface area contributed by atoms with Crippen LogP contribution >= 0.6 is 23.2 Å². The maximum absolute atomic E-state index is 12.2. The maximum atomic E-state index is 12.2. The molecule has 0 aliphatic rings. The number of aromatic carboxylic acids is 1. The summed E-state index contributed by atoms with van der Waals surface area (Å²) in [5.74, 6) is -1.28. The fraction of sp³-hybridized carbons (Fsp3) is 0.133. The van der Waals surface area contributed by atoms with E-state index in [4.69, 9.17) is 28.3 Å². The van der Waals surface area contributed by atoms with Crippen molar-refractivity contribution in [3.8, 4) is 0 Å². The Hall–Kier alpha value is -1.60. The lowest BCUT2D eigenvalue weighted by Gasteiger charge is -2.08. The molecule has 2 aromatic rings. The molecule has 0 amide bonds. The monoisotopic (exact) mass is 373 g/mol. The third-order valence-corrected chi connectivity index (χ3v) is 5.14. The van der Waals surface area contributed by atoms with Crippen LogP contribution in [-0.2, 0) is 16.4 Å². The minimum Gasteiger partial charge on any atom is -0.478 e. The summed E-state index contributed by atoms with van der Waals surface area (Å²) >= 11 is 11.5. The summed E-state index contributed by atoms with van der Waals surface area (Å²) in [5.41, 5.74) is 0.673. The molecule has 122 valence electrons. The highest BCUT2D eigenvalue weighted by molar-refractivity contribution is 7.89. The number of benzene rings is 2. The van der Waals surface area contributed by atoms with Gasteiger partial charge in [-0.1, -0.05) is 35.3 Å². The van der Waals surface area contributed by atoms with Crippen LogP contribution in [0.3, 0.4) is 0 Å². The van der Waals surface area contributed by atoms with Crippen LogP contribution in [0.25, 0.3) is 0 Å². The zero-order valence-electron chi connectivity index (χ0n) is 11.8. The molecule has 0 radical (unpaired) electrons. The number of hydrogen-bond acceptors (Lipinski definition) is 3. The minimum atomic E-state index is -3.81. The van der Waals surface area contributed by atoms with Gasteiger partial charge in [-0.3, -0.25) is 0 Å². The topological polar surface area (TPSA) is 83.5 Å². The molecule has 0 heterocycles. The number of carbonyl (C=O) groups is 1. The van der Waals surface area contributed by atoms with E-state index in [2.05, 4.69) is 4.72 Å². The third kappa shape index (κ3) is 4.68. The molecule has 0 spiro atoms. The Morgan fingerprint density at radius 3 is 2.35 bits per heavy atom. The molecule has 0 fully saturated rings. The van der Waals surface area contributed by atoms with Gasteiger partial charge in [0.15, 0.2) is 0 Å². The van der Waals surface area contributed by atoms with Gasteiger partial charge in [-0.05, 0) is 42.3 Å². The first-order valence-electron chi connectivity index (χ1n) is 6.56. The normalized spacial score (nSPS) is 11.4. The van der Waals surface area contributed by atoms with E-state index in [1.54, 1.807) is 24.3 Å². The first-order chi connectivity index (χ1) is 10.8. The lowest BCUT2D eigenvalue weighted by Crippen LogP contribution is -2.26. The molecule has 5 nitrogen and oxygen atoms in total.